The van der Waals surface area contributed by atoms with Crippen LogP contribution in [0.2, 0.25) is 0 Å². The van der Waals surface area contributed by atoms with Crippen LogP contribution in [0.3, 0.4) is 0 Å². The van der Waals surface area contributed by atoms with Gasteiger partial charge in [0.25, 0.3) is 0 Å². The Morgan fingerprint density at radius 3 is 2.54 bits per heavy atom. The number of carbonyl (C=O) groups is 1. The molecule has 0 aromatic heterocycles. The summed E-state index contributed by atoms with van der Waals surface area (Å²) in [6.07, 6.45) is 0. The molecule has 0 aliphatic carbocycles. The zero-order chi connectivity index (χ0) is 19.6. The number of piperazine rings is 1. The highest BCUT2D eigenvalue weighted by molar-refractivity contribution is 14.0. The molecule has 0 radical (unpaired) electrons. The number of nitrogens with zero attached hydrogens (tertiary/aromatic N) is 3. The van der Waals surface area contributed by atoms with E-state index in [1.54, 1.807) is 7.11 Å². The van der Waals surface area contributed by atoms with Crippen molar-refractivity contribution >= 4 is 41.5 Å². The molecule has 8 heteroatoms. The number of aryl methyl sites for hydroxylation is 1. The van der Waals surface area contributed by atoms with Crippen LogP contribution in [0.5, 0.6) is 0 Å². The number of guanidine groups is 1. The zero-order valence-corrected chi connectivity index (χ0v) is 19.8. The molecular formula is C20H34IN5O2. The van der Waals surface area contributed by atoms with E-state index >= 15 is 0 Å². The Bertz CT molecular complexity index is 645. The maximum atomic E-state index is 11.9. The lowest BCUT2D eigenvalue weighted by atomic mass is 10.1. The Balaban J connectivity index is 0.00000392. The monoisotopic (exact) mass is 503 g/mol. The van der Waals surface area contributed by atoms with Gasteiger partial charge in [0.05, 0.1) is 6.61 Å². The molecule has 1 aromatic rings. The molecule has 0 saturated carbocycles. The predicted molar refractivity (Wildman–Crippen MR) is 126 cm³/mol. The number of methoxy groups -OCH3 is 1. The molecule has 7 nitrogen and oxygen atoms in total. The minimum atomic E-state index is -0.0866. The van der Waals surface area contributed by atoms with Gasteiger partial charge in [-0.1, -0.05) is 12.1 Å². The average molecular weight is 503 g/mol. The first-order valence-electron chi connectivity index (χ1n) is 9.66. The van der Waals surface area contributed by atoms with Crippen LogP contribution < -0.4 is 15.5 Å². The van der Waals surface area contributed by atoms with Gasteiger partial charge in [-0.3, -0.25) is 4.79 Å². The molecule has 1 heterocycles. The summed E-state index contributed by atoms with van der Waals surface area (Å²) in [5, 5.41) is 6.10. The third-order valence-electron chi connectivity index (χ3n) is 4.83. The maximum absolute atomic E-state index is 11.9. The summed E-state index contributed by atoms with van der Waals surface area (Å²) < 4.78 is 4.94. The summed E-state index contributed by atoms with van der Waals surface area (Å²) in [7, 11) is 1.62. The van der Waals surface area contributed by atoms with Crippen LogP contribution in [0.25, 0.3) is 0 Å². The molecule has 158 valence electrons. The standard InChI is InChI=1S/C20H33N5O2.HI/c1-5-21-20(23-15-19(26)22-9-14-27-4)25-12-10-24(11-13-25)18-8-6-7-16(2)17(18)3;/h6-8H,5,9-15H2,1-4H3,(H,21,23)(H,22,26);1H. The SMILES string of the molecule is CCNC(=NCC(=O)NCCOC)N1CCN(c2cccc(C)c2C)CC1.I. The molecule has 2 rings (SSSR count). The molecule has 2 N–H and O–H groups in total. The highest BCUT2D eigenvalue weighted by Crippen LogP contribution is 2.23. The van der Waals surface area contributed by atoms with Crippen LogP contribution in [0, 0.1) is 13.8 Å². The Morgan fingerprint density at radius 2 is 1.89 bits per heavy atom. The van der Waals surface area contributed by atoms with Crippen molar-refractivity contribution in [1.29, 1.82) is 0 Å². The Labute approximate surface area is 185 Å². The molecule has 0 unspecified atom stereocenters. The lowest BCUT2D eigenvalue weighted by Gasteiger charge is -2.38. The van der Waals surface area contributed by atoms with E-state index in [-0.39, 0.29) is 36.4 Å². The van der Waals surface area contributed by atoms with Gasteiger partial charge < -0.3 is 25.2 Å². The van der Waals surface area contributed by atoms with Crippen molar-refractivity contribution < 1.29 is 9.53 Å². The summed E-state index contributed by atoms with van der Waals surface area (Å²) in [5.41, 5.74) is 3.98. The van der Waals surface area contributed by atoms with Gasteiger partial charge in [0.15, 0.2) is 5.96 Å². The second-order valence-electron chi connectivity index (χ2n) is 6.71. The first-order valence-corrected chi connectivity index (χ1v) is 9.66. The van der Waals surface area contributed by atoms with Crippen molar-refractivity contribution in [2.75, 3.05) is 64.4 Å². The Morgan fingerprint density at radius 1 is 1.18 bits per heavy atom. The number of amides is 1. The normalized spacial score (nSPS) is 14.5. The van der Waals surface area contributed by atoms with Gasteiger partial charge in [-0.05, 0) is 38.0 Å². The molecule has 0 spiro atoms. The van der Waals surface area contributed by atoms with E-state index in [2.05, 4.69) is 57.5 Å². The molecule has 0 bridgehead atoms. The lowest BCUT2D eigenvalue weighted by molar-refractivity contribution is -0.119. The Hall–Kier alpha value is -1.55. The molecular weight excluding hydrogens is 469 g/mol. The molecule has 1 fully saturated rings. The maximum Gasteiger partial charge on any atom is 0.241 e. The summed E-state index contributed by atoms with van der Waals surface area (Å²) in [6, 6.07) is 6.47. The topological polar surface area (TPSA) is 69.2 Å². The smallest absolute Gasteiger partial charge is 0.241 e. The number of ether oxygens (including phenoxy) is 1. The van der Waals surface area contributed by atoms with Crippen molar-refractivity contribution in [3.8, 4) is 0 Å². The van der Waals surface area contributed by atoms with E-state index in [9.17, 15) is 4.79 Å². The molecule has 0 atom stereocenters. The second-order valence-corrected chi connectivity index (χ2v) is 6.71. The number of nitrogens with one attached hydrogen (secondary N) is 2. The largest absolute Gasteiger partial charge is 0.383 e. The third kappa shape index (κ3) is 7.12. The van der Waals surface area contributed by atoms with E-state index < -0.39 is 0 Å². The fourth-order valence-electron chi connectivity index (χ4n) is 3.16. The van der Waals surface area contributed by atoms with Crippen LogP contribution in [-0.4, -0.2) is 76.3 Å². The number of rotatable bonds is 7. The quantitative estimate of drug-likeness (QED) is 0.257. The summed E-state index contributed by atoms with van der Waals surface area (Å²) in [4.78, 5) is 21.1. The van der Waals surface area contributed by atoms with Crippen molar-refractivity contribution in [2.24, 2.45) is 4.99 Å². The molecule has 1 saturated heterocycles. The lowest BCUT2D eigenvalue weighted by Crippen LogP contribution is -2.53. The number of benzene rings is 1. The summed E-state index contributed by atoms with van der Waals surface area (Å²) >= 11 is 0. The molecule has 1 aliphatic heterocycles. The van der Waals surface area contributed by atoms with Crippen molar-refractivity contribution in [3.05, 3.63) is 29.3 Å². The van der Waals surface area contributed by atoms with Gasteiger partial charge in [-0.15, -0.1) is 24.0 Å². The first kappa shape index (κ1) is 24.5. The first-order chi connectivity index (χ1) is 13.1. The number of aliphatic imine (C=N–C) groups is 1. The van der Waals surface area contributed by atoms with Gasteiger partial charge >= 0.3 is 0 Å². The van der Waals surface area contributed by atoms with Gasteiger partial charge in [-0.2, -0.15) is 0 Å². The molecule has 1 aromatic carbocycles. The highest BCUT2D eigenvalue weighted by atomic mass is 127. The van der Waals surface area contributed by atoms with Crippen LogP contribution in [0.1, 0.15) is 18.1 Å². The highest BCUT2D eigenvalue weighted by Gasteiger charge is 2.21. The van der Waals surface area contributed by atoms with Gasteiger partial charge in [0.2, 0.25) is 5.91 Å². The second kappa shape index (κ2) is 12.8. The molecule has 1 aliphatic rings. The van der Waals surface area contributed by atoms with Crippen LogP contribution >= 0.6 is 24.0 Å². The number of halogens is 1. The van der Waals surface area contributed by atoms with E-state index in [1.807, 2.05) is 6.92 Å². The predicted octanol–water partition coefficient (Wildman–Crippen LogP) is 1.77. The van der Waals surface area contributed by atoms with Crippen molar-refractivity contribution in [1.82, 2.24) is 15.5 Å². The number of hydrogen-bond acceptors (Lipinski definition) is 4. The number of carbonyl (C=O) groups excluding carboxylic acids is 1. The minimum Gasteiger partial charge on any atom is -0.383 e. The fraction of sp³-hybridized carbons (Fsp3) is 0.600. The summed E-state index contributed by atoms with van der Waals surface area (Å²) in [5.74, 6) is 0.719. The van der Waals surface area contributed by atoms with Gasteiger partial charge in [0.1, 0.15) is 6.54 Å². The third-order valence-corrected chi connectivity index (χ3v) is 4.83. The number of anilines is 1. The zero-order valence-electron chi connectivity index (χ0n) is 17.5. The van der Waals surface area contributed by atoms with E-state index in [0.717, 1.165) is 38.7 Å². The summed E-state index contributed by atoms with van der Waals surface area (Å²) in [6.45, 7) is 11.9. The van der Waals surface area contributed by atoms with Crippen LogP contribution in [0.4, 0.5) is 5.69 Å². The van der Waals surface area contributed by atoms with Gasteiger partial charge in [-0.25, -0.2) is 4.99 Å². The molecule has 28 heavy (non-hydrogen) atoms. The van der Waals surface area contributed by atoms with E-state index in [4.69, 9.17) is 4.74 Å². The van der Waals surface area contributed by atoms with Crippen LogP contribution in [0.15, 0.2) is 23.2 Å². The Kier molecular flexibility index (Phi) is 11.2. The molecule has 1 amide bonds. The van der Waals surface area contributed by atoms with E-state index in [0.29, 0.717) is 13.2 Å². The minimum absolute atomic E-state index is 0. The average Bonchev–Trinajstić information content (AvgIpc) is 2.68. The van der Waals surface area contributed by atoms with Crippen molar-refractivity contribution in [2.45, 2.75) is 20.8 Å². The fourth-order valence-corrected chi connectivity index (χ4v) is 3.16. The van der Waals surface area contributed by atoms with E-state index in [1.165, 1.54) is 16.8 Å². The number of hydrogen-bond donors (Lipinski definition) is 2. The van der Waals surface area contributed by atoms with Gasteiger partial charge in [0, 0.05) is 52.1 Å². The van der Waals surface area contributed by atoms with Crippen molar-refractivity contribution in [3.63, 3.8) is 0 Å². The van der Waals surface area contributed by atoms with Crippen LogP contribution in [-0.2, 0) is 9.53 Å².